The first kappa shape index (κ1) is 30.6. The maximum Gasteiger partial charge on any atom is 0.257 e. The number of halogens is 1. The van der Waals surface area contributed by atoms with Crippen LogP contribution in [0.5, 0.6) is 0 Å². The number of aryl methyl sites for hydroxylation is 1. The van der Waals surface area contributed by atoms with Gasteiger partial charge in [-0.15, -0.1) is 11.3 Å². The Morgan fingerprint density at radius 1 is 0.958 bits per heavy atom. The molecule has 3 aliphatic heterocycles. The SMILES string of the molecule is O=C(Nc1nccs1)C(c1ncn2c1CCC2)n1cc2c(F)cc(-c3ccc(N4CCN(C(=O)CN5CCCCC5)CC4)nc3)cc2n1.[HH]. The topological polar surface area (TPSA) is 117 Å². The normalized spacial score (nSPS) is 17.5. The highest BCUT2D eigenvalue weighted by Crippen LogP contribution is 2.32. The van der Waals surface area contributed by atoms with E-state index < -0.39 is 11.9 Å². The summed E-state index contributed by atoms with van der Waals surface area (Å²) < 4.78 is 19.2. The van der Waals surface area contributed by atoms with Gasteiger partial charge in [-0.05, 0) is 68.6 Å². The molecule has 1 atom stereocenters. The number of nitrogens with one attached hydrogen (secondary N) is 1. The van der Waals surface area contributed by atoms with Crippen molar-refractivity contribution in [3.05, 3.63) is 71.8 Å². The molecule has 48 heavy (non-hydrogen) atoms. The van der Waals surface area contributed by atoms with Crippen molar-refractivity contribution in [3.63, 3.8) is 0 Å². The molecule has 7 heterocycles. The smallest absolute Gasteiger partial charge is 0.257 e. The van der Waals surface area contributed by atoms with Gasteiger partial charge < -0.3 is 14.4 Å². The molecular formula is C34H39FN10O2S. The summed E-state index contributed by atoms with van der Waals surface area (Å²) in [5.74, 6) is 0.269. The molecule has 2 fully saturated rings. The number of rotatable bonds is 8. The van der Waals surface area contributed by atoms with E-state index in [1.807, 2.05) is 23.1 Å². The third kappa shape index (κ3) is 6.05. The summed E-state index contributed by atoms with van der Waals surface area (Å²) in [6.45, 7) is 6.16. The number of piperazine rings is 1. The molecule has 2 amide bonds. The summed E-state index contributed by atoms with van der Waals surface area (Å²) in [4.78, 5) is 46.5. The first-order valence-corrected chi connectivity index (χ1v) is 17.5. The number of amides is 2. The Morgan fingerprint density at radius 3 is 2.58 bits per heavy atom. The Labute approximate surface area is 282 Å². The lowest BCUT2D eigenvalue weighted by Crippen LogP contribution is -2.51. The minimum atomic E-state index is -0.889. The van der Waals surface area contributed by atoms with Crippen LogP contribution < -0.4 is 10.2 Å². The van der Waals surface area contributed by atoms with E-state index in [1.165, 1.54) is 41.3 Å². The molecule has 0 aliphatic carbocycles. The highest BCUT2D eigenvalue weighted by molar-refractivity contribution is 7.13. The number of carbonyl (C=O) groups is 2. The summed E-state index contributed by atoms with van der Waals surface area (Å²) in [6, 6.07) is 6.30. The second kappa shape index (κ2) is 13.1. The Hall–Kier alpha value is -4.69. The maximum absolute atomic E-state index is 15.7. The van der Waals surface area contributed by atoms with E-state index >= 15 is 4.39 Å². The van der Waals surface area contributed by atoms with Crippen LogP contribution in [0.25, 0.3) is 22.0 Å². The third-order valence-electron chi connectivity index (χ3n) is 9.66. The molecule has 5 aromatic rings. The molecule has 2 saturated heterocycles. The summed E-state index contributed by atoms with van der Waals surface area (Å²) in [5.41, 5.74) is 3.44. The van der Waals surface area contributed by atoms with Gasteiger partial charge in [0.15, 0.2) is 11.2 Å². The summed E-state index contributed by atoms with van der Waals surface area (Å²) in [5, 5.41) is 10.2. The van der Waals surface area contributed by atoms with Crippen LogP contribution in [0.1, 0.15) is 44.5 Å². The number of carbonyl (C=O) groups excluding carboxylic acids is 2. The van der Waals surface area contributed by atoms with Crippen LogP contribution in [0, 0.1) is 5.82 Å². The Kier molecular flexibility index (Phi) is 8.34. The molecule has 0 spiro atoms. The van der Waals surface area contributed by atoms with Gasteiger partial charge in [0.2, 0.25) is 5.91 Å². The fourth-order valence-electron chi connectivity index (χ4n) is 7.10. The third-order valence-corrected chi connectivity index (χ3v) is 10.4. The number of fused-ring (bicyclic) bond motifs is 2. The second-order valence-corrected chi connectivity index (χ2v) is 13.6. The molecule has 0 radical (unpaired) electrons. The van der Waals surface area contributed by atoms with Crippen LogP contribution in [0.2, 0.25) is 0 Å². The predicted molar refractivity (Wildman–Crippen MR) is 184 cm³/mol. The quantitative estimate of drug-likeness (QED) is 0.258. The highest BCUT2D eigenvalue weighted by Gasteiger charge is 2.32. The van der Waals surface area contributed by atoms with Gasteiger partial charge in [0.1, 0.15) is 11.6 Å². The molecule has 8 rings (SSSR count). The largest absolute Gasteiger partial charge is 0.353 e. The molecular weight excluding hydrogens is 632 g/mol. The standard InChI is InChI=1S/C34H37FN10O2S.H2/c35-26-17-24(23-6-7-29(37-19-23)42-12-14-43(15-13-42)30(46)21-41-9-2-1-3-10-41)18-27-25(26)20-45(40-27)32(33(47)39-34-36-8-16-48-34)31-28-5-4-11-44(28)22-38-31;/h6-8,16-20,22,32H,1-5,9-15,21H2,(H,36,39,47);1H. The number of hydrogen-bond donors (Lipinski definition) is 1. The zero-order valence-electron chi connectivity index (χ0n) is 26.6. The Morgan fingerprint density at radius 2 is 1.81 bits per heavy atom. The molecule has 14 heteroatoms. The van der Waals surface area contributed by atoms with Crippen LogP contribution in [0.15, 0.2) is 54.6 Å². The number of hydrogen-bond acceptors (Lipinski definition) is 9. The van der Waals surface area contributed by atoms with Gasteiger partial charge >= 0.3 is 0 Å². The van der Waals surface area contributed by atoms with Crippen molar-refractivity contribution >= 4 is 45.0 Å². The van der Waals surface area contributed by atoms with Gasteiger partial charge in [0.05, 0.1) is 29.5 Å². The number of aromatic nitrogens is 6. The molecule has 250 valence electrons. The van der Waals surface area contributed by atoms with E-state index in [0.29, 0.717) is 60.0 Å². The average molecular weight is 671 g/mol. The van der Waals surface area contributed by atoms with Crippen LogP contribution in [-0.4, -0.2) is 96.7 Å². The number of thiazole rings is 1. The van der Waals surface area contributed by atoms with Gasteiger partial charge in [-0.1, -0.05) is 6.42 Å². The van der Waals surface area contributed by atoms with Gasteiger partial charge in [-0.2, -0.15) is 5.10 Å². The van der Waals surface area contributed by atoms with Crippen LogP contribution >= 0.6 is 11.3 Å². The number of anilines is 2. The van der Waals surface area contributed by atoms with E-state index in [-0.39, 0.29) is 13.2 Å². The van der Waals surface area contributed by atoms with Gasteiger partial charge in [0.25, 0.3) is 5.91 Å². The van der Waals surface area contributed by atoms with E-state index in [0.717, 1.165) is 49.6 Å². The lowest BCUT2D eigenvalue weighted by Gasteiger charge is -2.37. The number of imidazole rings is 1. The van der Waals surface area contributed by atoms with Crippen LogP contribution in [0.4, 0.5) is 15.3 Å². The molecule has 1 aromatic carbocycles. The fourth-order valence-corrected chi connectivity index (χ4v) is 7.63. The molecule has 3 aliphatic rings. The van der Waals surface area contributed by atoms with Crippen molar-refractivity contribution in [2.45, 2.75) is 44.7 Å². The Bertz CT molecular complexity index is 1930. The number of piperidine rings is 1. The van der Waals surface area contributed by atoms with Crippen molar-refractivity contribution < 1.29 is 15.4 Å². The zero-order valence-corrected chi connectivity index (χ0v) is 27.4. The minimum absolute atomic E-state index is 0. The van der Waals surface area contributed by atoms with Crippen molar-refractivity contribution in [1.82, 2.24) is 39.1 Å². The molecule has 12 nitrogen and oxygen atoms in total. The first-order chi connectivity index (χ1) is 23.5. The number of pyridine rings is 1. The average Bonchev–Trinajstić information content (AvgIpc) is 3.93. The van der Waals surface area contributed by atoms with Crippen LogP contribution in [0.3, 0.4) is 0 Å². The lowest BCUT2D eigenvalue weighted by molar-refractivity contribution is -0.133. The van der Waals surface area contributed by atoms with Crippen molar-refractivity contribution in [2.24, 2.45) is 0 Å². The number of nitrogens with zero attached hydrogens (tertiary/aromatic N) is 9. The first-order valence-electron chi connectivity index (χ1n) is 16.6. The monoisotopic (exact) mass is 670 g/mol. The Balaban J connectivity index is 0.00000378. The van der Waals surface area contributed by atoms with Crippen molar-refractivity contribution in [3.8, 4) is 11.1 Å². The van der Waals surface area contributed by atoms with Gasteiger partial charge in [0, 0.05) is 69.4 Å². The summed E-state index contributed by atoms with van der Waals surface area (Å²) in [6.07, 6.45) is 12.1. The molecule has 1 unspecified atom stereocenters. The summed E-state index contributed by atoms with van der Waals surface area (Å²) in [7, 11) is 0. The van der Waals surface area contributed by atoms with E-state index in [9.17, 15) is 9.59 Å². The maximum atomic E-state index is 15.7. The minimum Gasteiger partial charge on any atom is -0.353 e. The molecule has 0 bridgehead atoms. The summed E-state index contributed by atoms with van der Waals surface area (Å²) >= 11 is 1.33. The van der Waals surface area contributed by atoms with Gasteiger partial charge in [-0.3, -0.25) is 24.5 Å². The van der Waals surface area contributed by atoms with Gasteiger partial charge in [-0.25, -0.2) is 19.3 Å². The van der Waals surface area contributed by atoms with E-state index in [2.05, 4.69) is 29.7 Å². The van der Waals surface area contributed by atoms with E-state index in [1.54, 1.807) is 30.3 Å². The van der Waals surface area contributed by atoms with Crippen LogP contribution in [-0.2, 0) is 22.6 Å². The predicted octanol–water partition coefficient (Wildman–Crippen LogP) is 4.45. The highest BCUT2D eigenvalue weighted by atomic mass is 32.1. The zero-order chi connectivity index (χ0) is 32.6. The second-order valence-electron chi connectivity index (χ2n) is 12.7. The molecule has 4 aromatic heterocycles. The van der Waals surface area contributed by atoms with Crippen molar-refractivity contribution in [2.75, 3.05) is 56.0 Å². The van der Waals surface area contributed by atoms with E-state index in [4.69, 9.17) is 10.1 Å². The fraction of sp³-hybridized carbons (Fsp3) is 0.412. The molecule has 0 saturated carbocycles. The van der Waals surface area contributed by atoms with Crippen molar-refractivity contribution in [1.29, 1.82) is 0 Å². The molecule has 1 N–H and O–H groups in total. The lowest BCUT2D eigenvalue weighted by atomic mass is 10.1. The number of benzene rings is 1. The number of likely N-dealkylation sites (tertiary alicyclic amines) is 1.